The van der Waals surface area contributed by atoms with Crippen molar-refractivity contribution in [3.8, 4) is 5.75 Å². The highest BCUT2D eigenvalue weighted by Crippen LogP contribution is 2.31. The molecule has 0 N–H and O–H groups in total. The van der Waals surface area contributed by atoms with Crippen LogP contribution in [0.1, 0.15) is 16.1 Å². The Labute approximate surface area is 107 Å². The molecule has 0 unspecified atom stereocenters. The molecule has 0 saturated carbocycles. The first-order valence-electron chi connectivity index (χ1n) is 3.83. The third-order valence-electron chi connectivity index (χ3n) is 1.51. The molecule has 0 spiro atoms. The summed E-state index contributed by atoms with van der Waals surface area (Å²) >= 11 is 7.01. The van der Waals surface area contributed by atoms with E-state index in [9.17, 15) is 18.0 Å². The van der Waals surface area contributed by atoms with Gasteiger partial charge < -0.3 is 4.74 Å². The first kappa shape index (κ1) is 13.5. The Morgan fingerprint density at radius 1 is 1.56 bits per heavy atom. The fourth-order valence-corrected chi connectivity index (χ4v) is 1.89. The second-order valence-electron chi connectivity index (χ2n) is 2.63. The fourth-order valence-electron chi connectivity index (χ4n) is 0.956. The van der Waals surface area contributed by atoms with E-state index in [0.717, 1.165) is 6.07 Å². The van der Waals surface area contributed by atoms with Crippen molar-refractivity contribution in [2.75, 3.05) is 0 Å². The number of pyridine rings is 1. The van der Waals surface area contributed by atoms with Crippen LogP contribution in [-0.2, 0) is 5.88 Å². The van der Waals surface area contributed by atoms with Gasteiger partial charge in [-0.2, -0.15) is 0 Å². The maximum Gasteiger partial charge on any atom is 0.573 e. The smallest absolute Gasteiger partial charge is 0.403 e. The van der Waals surface area contributed by atoms with Crippen LogP contribution >= 0.6 is 34.2 Å². The predicted molar refractivity (Wildman–Crippen MR) is 58.6 cm³/mol. The molecule has 0 fully saturated rings. The molecule has 1 aromatic rings. The summed E-state index contributed by atoms with van der Waals surface area (Å²) in [6, 6.07) is 1.16. The zero-order valence-electron chi connectivity index (χ0n) is 7.52. The number of hydrogen-bond acceptors (Lipinski definition) is 3. The van der Waals surface area contributed by atoms with Gasteiger partial charge in [0.05, 0.1) is 5.88 Å². The molecule has 0 aliphatic carbocycles. The summed E-state index contributed by atoms with van der Waals surface area (Å²) in [5.41, 5.74) is 0.0788. The summed E-state index contributed by atoms with van der Waals surface area (Å²) in [5.74, 6) is -0.668. The molecule has 1 heterocycles. The topological polar surface area (TPSA) is 39.2 Å². The van der Waals surface area contributed by atoms with Crippen molar-refractivity contribution >= 4 is 40.5 Å². The standard InChI is InChI=1S/C8H4ClF3INO2/c9-2-4-1-5(3-15)14-7(13)6(4)16-8(10,11)12/h1,3H,2H2. The second kappa shape index (κ2) is 5.17. The number of nitrogens with zero attached hydrogens (tertiary/aromatic N) is 1. The number of rotatable bonds is 3. The van der Waals surface area contributed by atoms with Crippen LogP contribution in [0.2, 0.25) is 0 Å². The summed E-state index contributed by atoms with van der Waals surface area (Å²) in [5, 5.41) is 0. The van der Waals surface area contributed by atoms with Crippen molar-refractivity contribution in [1.29, 1.82) is 0 Å². The number of carbonyl (C=O) groups excluding carboxylic acids is 1. The van der Waals surface area contributed by atoms with Crippen LogP contribution in [0.3, 0.4) is 0 Å². The van der Waals surface area contributed by atoms with Crippen molar-refractivity contribution < 1.29 is 22.7 Å². The van der Waals surface area contributed by atoms with Gasteiger partial charge in [0.2, 0.25) is 0 Å². The van der Waals surface area contributed by atoms with Crippen LogP contribution < -0.4 is 4.74 Å². The summed E-state index contributed by atoms with van der Waals surface area (Å²) < 4.78 is 39.9. The van der Waals surface area contributed by atoms with Crippen molar-refractivity contribution in [3.63, 3.8) is 0 Å². The molecule has 88 valence electrons. The van der Waals surface area contributed by atoms with Crippen LogP contribution in [-0.4, -0.2) is 17.6 Å². The molecule has 3 nitrogen and oxygen atoms in total. The monoisotopic (exact) mass is 365 g/mol. The third kappa shape index (κ3) is 3.48. The number of carbonyl (C=O) groups is 1. The number of halogens is 5. The lowest BCUT2D eigenvalue weighted by atomic mass is 10.2. The molecule has 0 amide bonds. The van der Waals surface area contributed by atoms with E-state index in [0.29, 0.717) is 6.29 Å². The first-order chi connectivity index (χ1) is 7.37. The minimum atomic E-state index is -4.81. The van der Waals surface area contributed by atoms with Gasteiger partial charge in [0.25, 0.3) is 0 Å². The molecule has 8 heteroatoms. The summed E-state index contributed by atoms with van der Waals surface area (Å²) in [6.07, 6.45) is -4.39. The lowest BCUT2D eigenvalue weighted by molar-refractivity contribution is -0.275. The van der Waals surface area contributed by atoms with E-state index in [2.05, 4.69) is 9.72 Å². The van der Waals surface area contributed by atoms with Gasteiger partial charge in [-0.15, -0.1) is 24.8 Å². The minimum Gasteiger partial charge on any atom is -0.403 e. The Morgan fingerprint density at radius 3 is 2.62 bits per heavy atom. The maximum absolute atomic E-state index is 12.1. The van der Waals surface area contributed by atoms with Crippen molar-refractivity contribution in [1.82, 2.24) is 4.98 Å². The Balaban J connectivity index is 3.21. The van der Waals surface area contributed by atoms with Gasteiger partial charge >= 0.3 is 6.36 Å². The normalized spacial score (nSPS) is 11.3. The zero-order valence-corrected chi connectivity index (χ0v) is 10.4. The molecule has 0 radical (unpaired) electrons. The molecular weight excluding hydrogens is 361 g/mol. The maximum atomic E-state index is 12.1. The number of aromatic nitrogens is 1. The molecule has 0 aliphatic rings. The van der Waals surface area contributed by atoms with Gasteiger partial charge in [-0.05, 0) is 28.7 Å². The molecule has 1 rings (SSSR count). The van der Waals surface area contributed by atoms with E-state index in [4.69, 9.17) is 11.6 Å². The molecule has 16 heavy (non-hydrogen) atoms. The largest absolute Gasteiger partial charge is 0.573 e. The minimum absolute atomic E-state index is 0.00887. The van der Waals surface area contributed by atoms with Crippen LogP contribution in [0.25, 0.3) is 0 Å². The average Bonchev–Trinajstić information content (AvgIpc) is 2.19. The first-order valence-corrected chi connectivity index (χ1v) is 5.45. The molecule has 0 atom stereocenters. The van der Waals surface area contributed by atoms with Crippen LogP contribution in [0, 0.1) is 3.70 Å². The van der Waals surface area contributed by atoms with Crippen molar-refractivity contribution in [2.45, 2.75) is 12.2 Å². The molecular formula is C8H4ClF3INO2. The lowest BCUT2D eigenvalue weighted by Gasteiger charge is -2.13. The molecule has 0 aliphatic heterocycles. The Bertz CT molecular complexity index is 411. The zero-order chi connectivity index (χ0) is 12.3. The summed E-state index contributed by atoms with van der Waals surface area (Å²) in [4.78, 5) is 14.1. The third-order valence-corrected chi connectivity index (χ3v) is 2.53. The number of aldehydes is 1. The predicted octanol–water partition coefficient (Wildman–Crippen LogP) is 3.14. The van der Waals surface area contributed by atoms with Crippen LogP contribution in [0.5, 0.6) is 5.75 Å². The Kier molecular flexibility index (Phi) is 4.36. The van der Waals surface area contributed by atoms with E-state index in [1.807, 2.05) is 0 Å². The van der Waals surface area contributed by atoms with Crippen LogP contribution in [0.15, 0.2) is 6.07 Å². The highest BCUT2D eigenvalue weighted by Gasteiger charge is 2.33. The fraction of sp³-hybridized carbons (Fsp3) is 0.250. The van der Waals surface area contributed by atoms with E-state index < -0.39 is 12.1 Å². The Morgan fingerprint density at radius 2 is 2.19 bits per heavy atom. The number of hydrogen-bond donors (Lipinski definition) is 0. The molecule has 0 saturated heterocycles. The highest BCUT2D eigenvalue weighted by molar-refractivity contribution is 14.1. The second-order valence-corrected chi connectivity index (χ2v) is 3.91. The van der Waals surface area contributed by atoms with E-state index in [1.165, 1.54) is 0 Å². The molecule has 0 bridgehead atoms. The van der Waals surface area contributed by atoms with Gasteiger partial charge in [-0.25, -0.2) is 4.98 Å². The summed E-state index contributed by atoms with van der Waals surface area (Å²) in [6.45, 7) is 0. The SMILES string of the molecule is O=Cc1cc(CCl)c(OC(F)(F)F)c(I)n1. The van der Waals surface area contributed by atoms with Gasteiger partial charge in [-0.1, -0.05) is 0 Å². The van der Waals surface area contributed by atoms with Crippen molar-refractivity contribution in [3.05, 3.63) is 21.0 Å². The van der Waals surface area contributed by atoms with E-state index in [1.54, 1.807) is 22.6 Å². The summed E-state index contributed by atoms with van der Waals surface area (Å²) in [7, 11) is 0. The Hall–Kier alpha value is -0.570. The van der Waals surface area contributed by atoms with Crippen LogP contribution in [0.4, 0.5) is 13.2 Å². The number of alkyl halides is 4. The van der Waals surface area contributed by atoms with E-state index in [-0.39, 0.29) is 20.8 Å². The van der Waals surface area contributed by atoms with Crippen molar-refractivity contribution in [2.24, 2.45) is 0 Å². The number of ether oxygens (including phenoxy) is 1. The molecule has 1 aromatic heterocycles. The van der Waals surface area contributed by atoms with E-state index >= 15 is 0 Å². The lowest BCUT2D eigenvalue weighted by Crippen LogP contribution is -2.19. The highest BCUT2D eigenvalue weighted by atomic mass is 127. The average molecular weight is 365 g/mol. The molecule has 0 aromatic carbocycles. The van der Waals surface area contributed by atoms with Gasteiger partial charge in [0.1, 0.15) is 9.39 Å². The van der Waals surface area contributed by atoms with Gasteiger partial charge in [0, 0.05) is 5.56 Å². The quantitative estimate of drug-likeness (QED) is 0.358. The van der Waals surface area contributed by atoms with Gasteiger partial charge in [0.15, 0.2) is 12.0 Å². The van der Waals surface area contributed by atoms with Gasteiger partial charge in [-0.3, -0.25) is 4.79 Å².